The number of rotatable bonds is 5. The standard InChI is InChI=1S/C31H29BrF3N7O2/c1-17(2)11-21-14-37-42-27-16-40(29(43)20-7-10-25(32)24(13-20)31(33,34)35)18(3)12-23(27)30(44)41(28(21)42)22-8-5-19(6-9-22)26-15-36-38-39(26)4/h5-10,13-15,17-18H,11-12,16H2,1-4H3/t18-/m0/s1. The van der Waals surface area contributed by atoms with Crippen LogP contribution in [0.5, 0.6) is 0 Å². The minimum absolute atomic E-state index is 0.0224. The molecular weight excluding hydrogens is 639 g/mol. The molecule has 0 aliphatic carbocycles. The van der Waals surface area contributed by atoms with Crippen LogP contribution in [0.4, 0.5) is 13.2 Å². The van der Waals surface area contributed by atoms with Crippen molar-refractivity contribution in [2.45, 2.75) is 52.4 Å². The second-order valence-corrected chi connectivity index (χ2v) is 12.4. The van der Waals surface area contributed by atoms with Gasteiger partial charge in [0, 0.05) is 39.8 Å². The number of aromatic nitrogens is 6. The molecule has 0 saturated carbocycles. The summed E-state index contributed by atoms with van der Waals surface area (Å²) in [5.41, 5.74) is 3.71. The molecule has 228 valence electrons. The number of carbonyl (C=O) groups is 1. The van der Waals surface area contributed by atoms with Gasteiger partial charge in [0.25, 0.3) is 11.5 Å². The number of hydrogen-bond donors (Lipinski definition) is 0. The van der Waals surface area contributed by atoms with E-state index >= 15 is 0 Å². The third-order valence-electron chi connectivity index (χ3n) is 7.99. The zero-order valence-corrected chi connectivity index (χ0v) is 26.0. The SMILES string of the molecule is CC(C)Cc1cnn2c3c(c(=O)n(-c4ccc(-c5cnnn5C)cc4)c12)C[C@H](C)N(C(=O)c1ccc(Br)c(C(F)(F)F)c1)C3. The quantitative estimate of drug-likeness (QED) is 0.235. The molecule has 0 fully saturated rings. The first-order valence-electron chi connectivity index (χ1n) is 14.1. The summed E-state index contributed by atoms with van der Waals surface area (Å²) in [6.07, 6.45) is -0.325. The van der Waals surface area contributed by atoms with Gasteiger partial charge in [-0.2, -0.15) is 18.3 Å². The molecule has 3 aromatic heterocycles. The van der Waals surface area contributed by atoms with Crippen molar-refractivity contribution in [3.8, 4) is 16.9 Å². The second kappa shape index (κ2) is 11.0. The van der Waals surface area contributed by atoms with Crippen LogP contribution in [0.3, 0.4) is 0 Å². The van der Waals surface area contributed by atoms with Gasteiger partial charge in [-0.1, -0.05) is 47.1 Å². The Morgan fingerprint density at radius 1 is 1.11 bits per heavy atom. The number of benzene rings is 2. The smallest absolute Gasteiger partial charge is 0.330 e. The number of alkyl halides is 3. The van der Waals surface area contributed by atoms with Crippen molar-refractivity contribution >= 4 is 27.5 Å². The molecule has 9 nitrogen and oxygen atoms in total. The maximum atomic E-state index is 14.3. The minimum atomic E-state index is -4.62. The van der Waals surface area contributed by atoms with E-state index in [-0.39, 0.29) is 34.5 Å². The summed E-state index contributed by atoms with van der Waals surface area (Å²) in [5.74, 6) is -0.270. The second-order valence-electron chi connectivity index (χ2n) is 11.5. The van der Waals surface area contributed by atoms with Gasteiger partial charge in [-0.25, -0.2) is 9.20 Å². The summed E-state index contributed by atoms with van der Waals surface area (Å²) in [7, 11) is 1.80. The number of carbonyl (C=O) groups excluding carboxylic acids is 1. The van der Waals surface area contributed by atoms with Crippen LogP contribution < -0.4 is 5.56 Å². The fourth-order valence-electron chi connectivity index (χ4n) is 5.85. The molecule has 13 heteroatoms. The number of aryl methyl sites for hydroxylation is 1. The predicted octanol–water partition coefficient (Wildman–Crippen LogP) is 5.85. The predicted molar refractivity (Wildman–Crippen MR) is 162 cm³/mol. The molecule has 4 heterocycles. The van der Waals surface area contributed by atoms with Crippen LogP contribution in [0.1, 0.15) is 53.5 Å². The Hall–Kier alpha value is -4.26. The van der Waals surface area contributed by atoms with Gasteiger partial charge >= 0.3 is 6.18 Å². The molecule has 1 aliphatic heterocycles. The highest BCUT2D eigenvalue weighted by Gasteiger charge is 2.36. The summed E-state index contributed by atoms with van der Waals surface area (Å²) in [6.45, 7) is 5.98. The highest BCUT2D eigenvalue weighted by molar-refractivity contribution is 9.10. The van der Waals surface area contributed by atoms with Crippen LogP contribution in [-0.4, -0.2) is 46.0 Å². The lowest BCUT2D eigenvalue weighted by atomic mass is 9.97. The molecule has 0 unspecified atom stereocenters. The molecule has 0 spiro atoms. The zero-order chi connectivity index (χ0) is 31.5. The van der Waals surface area contributed by atoms with Gasteiger partial charge in [0.1, 0.15) is 5.65 Å². The van der Waals surface area contributed by atoms with E-state index < -0.39 is 23.7 Å². The van der Waals surface area contributed by atoms with Crippen molar-refractivity contribution in [1.29, 1.82) is 0 Å². The van der Waals surface area contributed by atoms with Crippen LogP contribution >= 0.6 is 15.9 Å². The lowest BCUT2D eigenvalue weighted by Crippen LogP contribution is -2.46. The third-order valence-corrected chi connectivity index (χ3v) is 8.68. The van der Waals surface area contributed by atoms with Crippen LogP contribution in [0, 0.1) is 5.92 Å². The fourth-order valence-corrected chi connectivity index (χ4v) is 6.32. The van der Waals surface area contributed by atoms with E-state index in [2.05, 4.69) is 45.2 Å². The van der Waals surface area contributed by atoms with E-state index in [1.807, 2.05) is 24.3 Å². The Morgan fingerprint density at radius 2 is 1.84 bits per heavy atom. The molecule has 0 saturated heterocycles. The summed E-state index contributed by atoms with van der Waals surface area (Å²) >= 11 is 2.94. The van der Waals surface area contributed by atoms with Gasteiger partial charge in [-0.3, -0.25) is 14.2 Å². The van der Waals surface area contributed by atoms with E-state index in [0.29, 0.717) is 29.0 Å². The number of halogens is 4. The van der Waals surface area contributed by atoms with Gasteiger partial charge in [-0.05, 0) is 56.0 Å². The summed E-state index contributed by atoms with van der Waals surface area (Å²) in [5, 5.41) is 12.6. The van der Waals surface area contributed by atoms with Crippen LogP contribution in [0.2, 0.25) is 0 Å². The first kappa shape index (κ1) is 29.8. The van der Waals surface area contributed by atoms with Crippen molar-refractivity contribution in [2.75, 3.05) is 0 Å². The molecule has 5 aromatic rings. The van der Waals surface area contributed by atoms with Gasteiger partial charge in [0.2, 0.25) is 0 Å². The molecule has 44 heavy (non-hydrogen) atoms. The lowest BCUT2D eigenvalue weighted by molar-refractivity contribution is -0.138. The minimum Gasteiger partial charge on any atom is -0.330 e. The summed E-state index contributed by atoms with van der Waals surface area (Å²) in [4.78, 5) is 29.4. The van der Waals surface area contributed by atoms with Gasteiger partial charge in [0.15, 0.2) is 0 Å². The average molecular weight is 669 g/mol. The van der Waals surface area contributed by atoms with E-state index in [0.717, 1.165) is 22.9 Å². The Bertz CT molecular complexity index is 1960. The van der Waals surface area contributed by atoms with Crippen LogP contribution in [0.25, 0.3) is 22.6 Å². The van der Waals surface area contributed by atoms with Crippen molar-refractivity contribution in [3.63, 3.8) is 0 Å². The van der Waals surface area contributed by atoms with Crippen molar-refractivity contribution in [2.24, 2.45) is 13.0 Å². The lowest BCUT2D eigenvalue weighted by Gasteiger charge is -2.35. The van der Waals surface area contributed by atoms with Gasteiger partial charge < -0.3 is 4.90 Å². The van der Waals surface area contributed by atoms with Crippen LogP contribution in [0.15, 0.2) is 64.1 Å². The maximum absolute atomic E-state index is 14.3. The average Bonchev–Trinajstić information content (AvgIpc) is 3.58. The summed E-state index contributed by atoms with van der Waals surface area (Å²) in [6, 6.07) is 10.6. The maximum Gasteiger partial charge on any atom is 0.417 e. The van der Waals surface area contributed by atoms with Crippen molar-refractivity contribution in [3.05, 3.63) is 97.6 Å². The molecular formula is C31H29BrF3N7O2. The fraction of sp³-hybridized carbons (Fsp3) is 0.323. The number of nitrogens with zero attached hydrogens (tertiary/aromatic N) is 7. The van der Waals surface area contributed by atoms with Crippen molar-refractivity contribution < 1.29 is 18.0 Å². The van der Waals surface area contributed by atoms with Crippen molar-refractivity contribution in [1.82, 2.24) is 34.1 Å². The molecule has 1 aliphatic rings. The molecule has 6 rings (SSSR count). The highest BCUT2D eigenvalue weighted by atomic mass is 79.9. The van der Waals surface area contributed by atoms with E-state index in [9.17, 15) is 22.8 Å². The zero-order valence-electron chi connectivity index (χ0n) is 24.4. The molecule has 0 bridgehead atoms. The van der Waals surface area contributed by atoms with Gasteiger partial charge in [-0.15, -0.1) is 5.10 Å². The van der Waals surface area contributed by atoms with E-state index in [4.69, 9.17) is 0 Å². The largest absolute Gasteiger partial charge is 0.417 e. The Labute approximate surface area is 259 Å². The Kier molecular flexibility index (Phi) is 7.47. The molecule has 1 amide bonds. The molecule has 2 aromatic carbocycles. The topological polar surface area (TPSA) is 90.3 Å². The third kappa shape index (κ3) is 5.12. The summed E-state index contributed by atoms with van der Waals surface area (Å²) < 4.78 is 45.7. The normalized spacial score (nSPS) is 15.3. The monoisotopic (exact) mass is 667 g/mol. The Morgan fingerprint density at radius 3 is 2.48 bits per heavy atom. The molecule has 1 atom stereocenters. The molecule has 0 N–H and O–H groups in total. The first-order chi connectivity index (χ1) is 20.8. The van der Waals surface area contributed by atoms with E-state index in [1.165, 1.54) is 17.0 Å². The first-order valence-corrected chi connectivity index (χ1v) is 14.9. The number of hydrogen-bond acceptors (Lipinski definition) is 5. The number of amides is 1. The van der Waals surface area contributed by atoms with E-state index in [1.54, 1.807) is 40.1 Å². The highest BCUT2D eigenvalue weighted by Crippen LogP contribution is 2.36. The Balaban J connectivity index is 1.46. The van der Waals surface area contributed by atoms with Crippen LogP contribution in [-0.2, 0) is 32.6 Å². The number of fused-ring (bicyclic) bond motifs is 3. The molecule has 0 radical (unpaired) electrons. The van der Waals surface area contributed by atoms with Gasteiger partial charge in [0.05, 0.1) is 41.6 Å².